The van der Waals surface area contributed by atoms with Gasteiger partial charge in [0.2, 0.25) is 0 Å². The predicted molar refractivity (Wildman–Crippen MR) is 54.0 cm³/mol. The highest BCUT2D eigenvalue weighted by molar-refractivity contribution is 8.11. The summed E-state index contributed by atoms with van der Waals surface area (Å²) in [7, 11) is 1.37. The Morgan fingerprint density at radius 1 is 1.42 bits per heavy atom. The van der Waals surface area contributed by atoms with Gasteiger partial charge in [0.25, 0.3) is 5.85 Å². The molecular weight excluding hydrogens is 241 g/mol. The molecule has 0 aromatic carbocycles. The summed E-state index contributed by atoms with van der Waals surface area (Å²) < 4.78 is 16.0. The first-order valence-corrected chi connectivity index (χ1v) is 7.13. The second-order valence-corrected chi connectivity index (χ2v) is 7.61. The Morgan fingerprint density at radius 3 is 1.92 bits per heavy atom. The first kappa shape index (κ1) is 12.6. The maximum atomic E-state index is 11.3. The van der Waals surface area contributed by atoms with Crippen molar-refractivity contribution in [2.75, 3.05) is 7.11 Å². The van der Waals surface area contributed by atoms with Gasteiger partial charge in [-0.25, -0.2) is 0 Å². The molecular formula is C6H10Cl3O2P. The van der Waals surface area contributed by atoms with Crippen molar-refractivity contribution in [2.45, 2.75) is 13.8 Å². The van der Waals surface area contributed by atoms with Crippen LogP contribution in [0.15, 0.2) is 10.5 Å². The van der Waals surface area contributed by atoms with Crippen molar-refractivity contribution in [3.63, 3.8) is 0 Å². The largest absolute Gasteiger partial charge is 0.486 e. The molecule has 0 aliphatic heterocycles. The second-order valence-electron chi connectivity index (χ2n) is 2.48. The first-order chi connectivity index (χ1) is 5.30. The fraction of sp³-hybridized carbons (Fsp3) is 0.667. The molecule has 0 atom stereocenters. The number of rotatable bonds is 3. The molecule has 0 spiro atoms. The van der Waals surface area contributed by atoms with E-state index in [4.69, 9.17) is 38.8 Å². The third-order valence-electron chi connectivity index (χ3n) is 1.21. The van der Waals surface area contributed by atoms with Crippen LogP contribution in [0.1, 0.15) is 13.8 Å². The number of allylic oxidation sites excluding steroid dienone is 1. The molecule has 0 amide bonds. The van der Waals surface area contributed by atoms with Crippen LogP contribution in [-0.4, -0.2) is 7.11 Å². The Balaban J connectivity index is 5.07. The molecule has 0 aromatic rings. The lowest BCUT2D eigenvalue weighted by atomic mass is 10.2. The molecule has 0 bridgehead atoms. The van der Waals surface area contributed by atoms with Crippen LogP contribution >= 0.6 is 39.9 Å². The summed E-state index contributed by atoms with van der Waals surface area (Å²) in [6, 6.07) is 0. The van der Waals surface area contributed by atoms with Gasteiger partial charge >= 0.3 is 0 Å². The lowest BCUT2D eigenvalue weighted by molar-refractivity contribution is 0.316. The third-order valence-corrected chi connectivity index (χ3v) is 4.07. The van der Waals surface area contributed by atoms with Gasteiger partial charge in [-0.15, -0.1) is 0 Å². The van der Waals surface area contributed by atoms with E-state index in [9.17, 15) is 4.57 Å². The molecule has 0 rings (SSSR count). The molecule has 0 saturated heterocycles. The summed E-state index contributed by atoms with van der Waals surface area (Å²) >= 11 is 16.6. The molecule has 0 radical (unpaired) electrons. The van der Waals surface area contributed by atoms with E-state index in [2.05, 4.69) is 0 Å². The minimum absolute atomic E-state index is 0.0123. The summed E-state index contributed by atoms with van der Waals surface area (Å²) in [6.45, 7) is 3.57. The average molecular weight is 251 g/mol. The van der Waals surface area contributed by atoms with Gasteiger partial charge in [-0.1, -0.05) is 13.8 Å². The summed E-state index contributed by atoms with van der Waals surface area (Å²) in [5, 5.41) is 0.272. The number of methoxy groups -OCH3 is 1. The molecule has 12 heavy (non-hydrogen) atoms. The molecule has 2 nitrogen and oxygen atoms in total. The second kappa shape index (κ2) is 4.76. The Hall–Kier alpha value is 0.640. The highest BCUT2D eigenvalue weighted by Gasteiger charge is 2.28. The van der Waals surface area contributed by atoms with E-state index in [-0.39, 0.29) is 16.5 Å². The summed E-state index contributed by atoms with van der Waals surface area (Å²) in [5.74, 6) is -3.44. The molecule has 6 heteroatoms. The number of halogens is 3. The van der Waals surface area contributed by atoms with Gasteiger partial charge in [-0.05, 0) is 40.0 Å². The van der Waals surface area contributed by atoms with Crippen molar-refractivity contribution in [1.29, 1.82) is 0 Å². The van der Waals surface area contributed by atoms with Crippen molar-refractivity contribution in [1.82, 2.24) is 0 Å². The SMILES string of the molecule is CO/C(Cl)=C(\C(C)C)P(=O)(Cl)Cl. The molecule has 0 aliphatic carbocycles. The van der Waals surface area contributed by atoms with E-state index in [0.29, 0.717) is 0 Å². The fourth-order valence-corrected chi connectivity index (χ4v) is 4.10. The summed E-state index contributed by atoms with van der Waals surface area (Å²) in [4.78, 5) is 0. The zero-order chi connectivity index (χ0) is 9.94. The monoisotopic (exact) mass is 250 g/mol. The topological polar surface area (TPSA) is 26.3 Å². The van der Waals surface area contributed by atoms with Crippen molar-refractivity contribution < 1.29 is 9.30 Å². The van der Waals surface area contributed by atoms with Gasteiger partial charge in [-0.3, -0.25) is 4.57 Å². The average Bonchev–Trinajstić information content (AvgIpc) is 1.83. The predicted octanol–water partition coefficient (Wildman–Crippen LogP) is 4.37. The van der Waals surface area contributed by atoms with Crippen molar-refractivity contribution >= 4 is 39.9 Å². The molecule has 0 aromatic heterocycles. The third kappa shape index (κ3) is 3.57. The maximum Gasteiger partial charge on any atom is 0.282 e. The van der Waals surface area contributed by atoms with E-state index >= 15 is 0 Å². The Kier molecular flexibility index (Phi) is 5.01. The molecule has 0 unspecified atom stereocenters. The van der Waals surface area contributed by atoms with E-state index in [0.717, 1.165) is 0 Å². The van der Waals surface area contributed by atoms with Gasteiger partial charge < -0.3 is 4.74 Å². The summed E-state index contributed by atoms with van der Waals surface area (Å²) in [5.41, 5.74) is 0. The van der Waals surface area contributed by atoms with Gasteiger partial charge in [0.05, 0.1) is 12.4 Å². The molecule has 0 saturated carbocycles. The molecule has 0 N–H and O–H groups in total. The van der Waals surface area contributed by atoms with Gasteiger partial charge in [-0.2, -0.15) is 0 Å². The van der Waals surface area contributed by atoms with Crippen LogP contribution in [0.25, 0.3) is 0 Å². The molecule has 0 aliphatic rings. The smallest absolute Gasteiger partial charge is 0.282 e. The van der Waals surface area contributed by atoms with Crippen molar-refractivity contribution in [2.24, 2.45) is 5.92 Å². The maximum absolute atomic E-state index is 11.3. The van der Waals surface area contributed by atoms with Crippen LogP contribution in [-0.2, 0) is 9.30 Å². The van der Waals surface area contributed by atoms with Gasteiger partial charge in [0.1, 0.15) is 0 Å². The van der Waals surface area contributed by atoms with Crippen LogP contribution < -0.4 is 0 Å². The summed E-state index contributed by atoms with van der Waals surface area (Å²) in [6.07, 6.45) is 0. The number of hydrogen-bond donors (Lipinski definition) is 0. The van der Waals surface area contributed by atoms with Crippen LogP contribution in [0.4, 0.5) is 0 Å². The molecule has 0 fully saturated rings. The zero-order valence-corrected chi connectivity index (χ0v) is 10.1. The number of hydrogen-bond acceptors (Lipinski definition) is 2. The van der Waals surface area contributed by atoms with Crippen molar-refractivity contribution in [3.8, 4) is 0 Å². The Morgan fingerprint density at radius 2 is 1.83 bits per heavy atom. The lowest BCUT2D eigenvalue weighted by Gasteiger charge is -2.13. The van der Waals surface area contributed by atoms with Gasteiger partial charge in [0, 0.05) is 0 Å². The standard InChI is InChI=1S/C6H10Cl3O2P/c1-4(2)5(6(7)11-3)12(8,9)10/h4H,1-3H3/b6-5+. The highest BCUT2D eigenvalue weighted by atomic mass is 35.9. The van der Waals surface area contributed by atoms with Crippen LogP contribution in [0.2, 0.25) is 0 Å². The lowest BCUT2D eigenvalue weighted by Crippen LogP contribution is -1.94. The van der Waals surface area contributed by atoms with Gasteiger partial charge in [0.15, 0.2) is 5.22 Å². The zero-order valence-electron chi connectivity index (χ0n) is 6.97. The molecule has 72 valence electrons. The van der Waals surface area contributed by atoms with Crippen LogP contribution in [0.5, 0.6) is 0 Å². The van der Waals surface area contributed by atoms with E-state index in [1.165, 1.54) is 7.11 Å². The van der Waals surface area contributed by atoms with Crippen molar-refractivity contribution in [3.05, 3.63) is 10.5 Å². The number of ether oxygens (including phenoxy) is 1. The first-order valence-electron chi connectivity index (χ1n) is 3.24. The normalized spacial score (nSPS) is 14.6. The Labute approximate surface area is 86.8 Å². The van der Waals surface area contributed by atoms with E-state index in [1.807, 2.05) is 0 Å². The fourth-order valence-electron chi connectivity index (χ4n) is 0.734. The minimum Gasteiger partial charge on any atom is -0.486 e. The van der Waals surface area contributed by atoms with E-state index in [1.54, 1.807) is 13.8 Å². The quantitative estimate of drug-likeness (QED) is 0.550. The highest BCUT2D eigenvalue weighted by Crippen LogP contribution is 2.66. The van der Waals surface area contributed by atoms with Crippen LogP contribution in [0, 0.1) is 5.92 Å². The van der Waals surface area contributed by atoms with Crippen LogP contribution in [0.3, 0.4) is 0 Å². The Bertz CT molecular complexity index is 231. The molecule has 0 heterocycles. The van der Waals surface area contributed by atoms with E-state index < -0.39 is 5.85 Å². The minimum atomic E-state index is -3.34.